The smallest absolute Gasteiger partial charge is 0.231 e. The predicted octanol–water partition coefficient (Wildman–Crippen LogP) is 4.14. The van der Waals surface area contributed by atoms with Crippen LogP contribution in [0.3, 0.4) is 0 Å². The molecule has 32 heavy (non-hydrogen) atoms. The number of nitrogens with zero attached hydrogens (tertiary/aromatic N) is 4. The van der Waals surface area contributed by atoms with Crippen molar-refractivity contribution in [2.24, 2.45) is 5.92 Å². The van der Waals surface area contributed by atoms with Gasteiger partial charge in [0.2, 0.25) is 6.79 Å². The van der Waals surface area contributed by atoms with Crippen molar-refractivity contribution >= 4 is 38.9 Å². The Labute approximate surface area is 198 Å². The standard InChI is InChI=1S/C22H25BrN6O2S/c1-28-13-2-3-14(28)7-12(6-13)4-5-29-10-25-20(24)19-21(29)27-22(26-19)32-18-9-17-16(8-15(18)23)30-11-31-17/h8-10,12-14,24H,2-7,11H2,1H3,(H,26,27)/t12?,13-,14+. The van der Waals surface area contributed by atoms with Crippen LogP contribution in [-0.2, 0) is 6.54 Å². The third-order valence-electron chi connectivity index (χ3n) is 7.11. The quantitative estimate of drug-likeness (QED) is 0.529. The molecule has 3 aliphatic heterocycles. The normalized spacial score (nSPS) is 24.5. The molecule has 2 saturated heterocycles. The number of halogens is 1. The summed E-state index contributed by atoms with van der Waals surface area (Å²) in [7, 11) is 2.29. The summed E-state index contributed by atoms with van der Waals surface area (Å²) in [6.45, 7) is 1.12. The molecule has 2 fully saturated rings. The monoisotopic (exact) mass is 516 g/mol. The first-order valence-electron chi connectivity index (χ1n) is 11.0. The van der Waals surface area contributed by atoms with Gasteiger partial charge in [-0.1, -0.05) is 11.8 Å². The van der Waals surface area contributed by atoms with Gasteiger partial charge in [0.1, 0.15) is 5.52 Å². The van der Waals surface area contributed by atoms with E-state index in [2.05, 4.69) is 42.4 Å². The van der Waals surface area contributed by atoms with Crippen LogP contribution < -0.4 is 15.0 Å². The molecule has 5 heterocycles. The summed E-state index contributed by atoms with van der Waals surface area (Å²) in [5, 5.41) is 8.98. The zero-order valence-corrected chi connectivity index (χ0v) is 20.2. The molecule has 0 amide bonds. The van der Waals surface area contributed by atoms with E-state index in [0.29, 0.717) is 5.52 Å². The molecule has 0 spiro atoms. The Balaban J connectivity index is 1.23. The van der Waals surface area contributed by atoms with Crippen LogP contribution in [0.4, 0.5) is 0 Å². The van der Waals surface area contributed by atoms with Gasteiger partial charge in [0.05, 0.1) is 6.33 Å². The number of ether oxygens (including phenoxy) is 2. The van der Waals surface area contributed by atoms with Gasteiger partial charge in [-0.15, -0.1) is 0 Å². The second-order valence-corrected chi connectivity index (χ2v) is 10.8. The molecule has 3 aliphatic rings. The number of hydrogen-bond acceptors (Lipinski definition) is 7. The summed E-state index contributed by atoms with van der Waals surface area (Å²) < 4.78 is 14.0. The Morgan fingerprint density at radius 3 is 2.75 bits per heavy atom. The Hall–Kier alpha value is -2.04. The van der Waals surface area contributed by atoms with Crippen LogP contribution >= 0.6 is 27.7 Å². The Morgan fingerprint density at radius 2 is 1.97 bits per heavy atom. The van der Waals surface area contributed by atoms with Gasteiger partial charge in [-0.3, -0.25) is 5.41 Å². The lowest BCUT2D eigenvalue weighted by Gasteiger charge is -2.36. The fourth-order valence-electron chi connectivity index (χ4n) is 5.34. The molecule has 10 heteroatoms. The maximum atomic E-state index is 8.25. The first-order chi connectivity index (χ1) is 15.5. The van der Waals surface area contributed by atoms with Crippen LogP contribution in [-0.4, -0.2) is 50.3 Å². The lowest BCUT2D eigenvalue weighted by molar-refractivity contribution is 0.127. The number of imidazole rings is 1. The van der Waals surface area contributed by atoms with Gasteiger partial charge in [0, 0.05) is 28.0 Å². The lowest BCUT2D eigenvalue weighted by Crippen LogP contribution is -2.40. The molecule has 2 bridgehead atoms. The highest BCUT2D eigenvalue weighted by Gasteiger charge is 2.38. The van der Waals surface area contributed by atoms with Crippen molar-refractivity contribution in [3.63, 3.8) is 0 Å². The average Bonchev–Trinajstić information content (AvgIpc) is 3.44. The summed E-state index contributed by atoms with van der Waals surface area (Å²) in [6, 6.07) is 5.38. The average molecular weight is 517 g/mol. The van der Waals surface area contributed by atoms with Gasteiger partial charge < -0.3 is 23.9 Å². The molecular formula is C22H25BrN6O2S. The molecule has 2 N–H and O–H groups in total. The van der Waals surface area contributed by atoms with Crippen LogP contribution in [0.15, 0.2) is 33.0 Å². The van der Waals surface area contributed by atoms with Crippen molar-refractivity contribution in [1.29, 1.82) is 5.41 Å². The van der Waals surface area contributed by atoms with Gasteiger partial charge >= 0.3 is 0 Å². The van der Waals surface area contributed by atoms with E-state index in [1.54, 1.807) is 6.33 Å². The minimum atomic E-state index is 0.220. The molecule has 0 saturated carbocycles. The second-order valence-electron chi connectivity index (χ2n) is 8.94. The second kappa shape index (κ2) is 8.07. The number of piperidine rings is 1. The topological polar surface area (TPSA) is 92.1 Å². The largest absolute Gasteiger partial charge is 0.454 e. The van der Waals surface area contributed by atoms with Crippen molar-refractivity contribution in [3.8, 4) is 11.5 Å². The van der Waals surface area contributed by atoms with Gasteiger partial charge in [-0.2, -0.15) is 0 Å². The number of rotatable bonds is 5. The minimum absolute atomic E-state index is 0.220. The summed E-state index contributed by atoms with van der Waals surface area (Å²) >= 11 is 5.11. The maximum absolute atomic E-state index is 8.25. The number of fused-ring (bicyclic) bond motifs is 4. The van der Waals surface area contributed by atoms with E-state index < -0.39 is 0 Å². The molecule has 0 radical (unpaired) electrons. The van der Waals surface area contributed by atoms with Gasteiger partial charge in [-0.25, -0.2) is 9.97 Å². The molecule has 0 aliphatic carbocycles. The van der Waals surface area contributed by atoms with E-state index >= 15 is 0 Å². The molecule has 2 aromatic heterocycles. The Kier molecular flexibility index (Phi) is 5.19. The number of nitrogens with one attached hydrogen (secondary N) is 2. The van der Waals surface area contributed by atoms with Crippen LogP contribution in [0.25, 0.3) is 11.2 Å². The van der Waals surface area contributed by atoms with Gasteiger partial charge in [-0.05, 0) is 73.1 Å². The van der Waals surface area contributed by atoms with Gasteiger partial charge in [0.25, 0.3) is 0 Å². The van der Waals surface area contributed by atoms with Crippen LogP contribution in [0, 0.1) is 11.3 Å². The fraction of sp³-hybridized carbons (Fsp3) is 0.500. The Morgan fingerprint density at radius 1 is 1.22 bits per heavy atom. The highest BCUT2D eigenvalue weighted by atomic mass is 79.9. The molecule has 1 aromatic carbocycles. The summed E-state index contributed by atoms with van der Waals surface area (Å²) in [4.78, 5) is 16.0. The first kappa shape index (κ1) is 20.6. The Bertz CT molecular complexity index is 1230. The lowest BCUT2D eigenvalue weighted by atomic mass is 9.88. The molecule has 8 nitrogen and oxygen atoms in total. The van der Waals surface area contributed by atoms with Gasteiger partial charge in [0.15, 0.2) is 27.8 Å². The van der Waals surface area contributed by atoms with Crippen LogP contribution in [0.5, 0.6) is 11.5 Å². The fourth-order valence-corrected chi connectivity index (χ4v) is 6.72. The molecule has 1 unspecified atom stereocenters. The molecule has 168 valence electrons. The predicted molar refractivity (Wildman–Crippen MR) is 124 cm³/mol. The zero-order valence-electron chi connectivity index (χ0n) is 17.8. The highest BCUT2D eigenvalue weighted by molar-refractivity contribution is 9.10. The maximum Gasteiger partial charge on any atom is 0.231 e. The molecule has 3 atom stereocenters. The number of aromatic nitrogens is 4. The van der Waals surface area contributed by atoms with E-state index in [1.807, 2.05) is 12.1 Å². The number of aromatic amines is 1. The first-order valence-corrected chi connectivity index (χ1v) is 12.6. The van der Waals surface area contributed by atoms with E-state index in [-0.39, 0.29) is 12.3 Å². The van der Waals surface area contributed by atoms with E-state index in [0.717, 1.165) is 62.6 Å². The van der Waals surface area contributed by atoms with Crippen molar-refractivity contribution in [2.45, 2.75) is 60.8 Å². The van der Waals surface area contributed by atoms with E-state index in [1.165, 1.54) is 37.4 Å². The highest BCUT2D eigenvalue weighted by Crippen LogP contribution is 2.42. The third-order valence-corrected chi connectivity index (χ3v) is 8.97. The van der Waals surface area contributed by atoms with Crippen molar-refractivity contribution in [3.05, 3.63) is 28.4 Å². The van der Waals surface area contributed by atoms with Crippen molar-refractivity contribution in [1.82, 2.24) is 24.4 Å². The summed E-state index contributed by atoms with van der Waals surface area (Å²) in [5.74, 6) is 2.22. The molecule has 3 aromatic rings. The van der Waals surface area contributed by atoms with Crippen molar-refractivity contribution in [2.75, 3.05) is 13.8 Å². The van der Waals surface area contributed by atoms with E-state index in [9.17, 15) is 0 Å². The number of hydrogen-bond donors (Lipinski definition) is 2. The van der Waals surface area contributed by atoms with Crippen molar-refractivity contribution < 1.29 is 9.47 Å². The van der Waals surface area contributed by atoms with Crippen LogP contribution in [0.2, 0.25) is 0 Å². The number of aryl methyl sites for hydroxylation is 1. The number of H-pyrrole nitrogens is 1. The molecular weight excluding hydrogens is 492 g/mol. The number of benzene rings is 1. The van der Waals surface area contributed by atoms with E-state index in [4.69, 9.17) is 19.9 Å². The summed E-state index contributed by atoms with van der Waals surface area (Å²) in [6.07, 6.45) is 8.17. The van der Waals surface area contributed by atoms with Crippen LogP contribution in [0.1, 0.15) is 32.1 Å². The molecule has 6 rings (SSSR count). The summed E-state index contributed by atoms with van der Waals surface area (Å²) in [5.41, 5.74) is 1.69. The minimum Gasteiger partial charge on any atom is -0.454 e. The third kappa shape index (κ3) is 3.62. The zero-order chi connectivity index (χ0) is 21.8. The SMILES string of the molecule is CN1[C@@H]2CC[C@H]1CC(CCn1cnc(=N)c3[nH]c(Sc4cc5c(cc4Br)OCO5)nc31)C2.